The first-order valence-electron chi connectivity index (χ1n) is 8.62. The Morgan fingerprint density at radius 2 is 1.33 bits per heavy atom. The summed E-state index contributed by atoms with van der Waals surface area (Å²) in [6.45, 7) is 0. The maximum absolute atomic E-state index is 6.91. The van der Waals surface area contributed by atoms with Gasteiger partial charge in [-0.2, -0.15) is 0 Å². The number of halogens is 2. The van der Waals surface area contributed by atoms with Crippen molar-refractivity contribution < 1.29 is 0 Å². The molecular formula is C22H18Cl2. The zero-order chi connectivity index (χ0) is 16.3. The highest BCUT2D eigenvalue weighted by atomic mass is 35.5. The second kappa shape index (κ2) is 5.25. The van der Waals surface area contributed by atoms with Crippen LogP contribution in [0, 0.1) is 0 Å². The SMILES string of the molecule is ClC1(Cl)CC2=Cc3ccccc3C2CCC2C1=Cc1ccccc12. The van der Waals surface area contributed by atoms with Gasteiger partial charge in [-0.15, -0.1) is 0 Å². The third-order valence-corrected chi connectivity index (χ3v) is 6.51. The molecule has 24 heavy (non-hydrogen) atoms. The van der Waals surface area contributed by atoms with Gasteiger partial charge < -0.3 is 0 Å². The van der Waals surface area contributed by atoms with Crippen molar-refractivity contribution in [2.75, 3.05) is 0 Å². The van der Waals surface area contributed by atoms with Crippen LogP contribution in [0.25, 0.3) is 12.2 Å². The Balaban J connectivity index is 1.60. The molecule has 0 amide bonds. The molecule has 0 bridgehead atoms. The summed E-state index contributed by atoms with van der Waals surface area (Å²) < 4.78 is -0.823. The molecule has 2 atom stereocenters. The monoisotopic (exact) mass is 352 g/mol. The highest BCUT2D eigenvalue weighted by Gasteiger charge is 2.43. The van der Waals surface area contributed by atoms with Crippen molar-refractivity contribution in [3.63, 3.8) is 0 Å². The van der Waals surface area contributed by atoms with E-state index in [4.69, 9.17) is 23.2 Å². The lowest BCUT2D eigenvalue weighted by molar-refractivity contribution is 0.552. The van der Waals surface area contributed by atoms with E-state index in [0.717, 1.165) is 12.8 Å². The van der Waals surface area contributed by atoms with Crippen LogP contribution >= 0.6 is 23.2 Å². The van der Waals surface area contributed by atoms with Gasteiger partial charge in [-0.1, -0.05) is 89.5 Å². The van der Waals surface area contributed by atoms with Gasteiger partial charge >= 0.3 is 0 Å². The van der Waals surface area contributed by atoms with E-state index in [1.807, 2.05) is 0 Å². The van der Waals surface area contributed by atoms with Crippen molar-refractivity contribution in [2.24, 2.45) is 0 Å². The highest BCUT2D eigenvalue weighted by Crippen LogP contribution is 2.56. The van der Waals surface area contributed by atoms with E-state index in [1.54, 1.807) is 0 Å². The molecule has 0 N–H and O–H groups in total. The minimum absolute atomic E-state index is 0.352. The van der Waals surface area contributed by atoms with E-state index in [-0.39, 0.29) is 0 Å². The summed E-state index contributed by atoms with van der Waals surface area (Å²) in [6.07, 6.45) is 7.50. The molecule has 1 saturated carbocycles. The normalized spacial score (nSPS) is 26.2. The molecule has 5 rings (SSSR count). The lowest BCUT2D eigenvalue weighted by atomic mass is 9.78. The molecule has 2 aromatic rings. The first kappa shape index (κ1) is 14.8. The molecule has 120 valence electrons. The molecule has 0 nitrogen and oxygen atoms in total. The van der Waals surface area contributed by atoms with Gasteiger partial charge in [0.15, 0.2) is 0 Å². The summed E-state index contributed by atoms with van der Waals surface area (Å²) in [7, 11) is 0. The number of rotatable bonds is 0. The van der Waals surface area contributed by atoms with Crippen molar-refractivity contribution in [1.82, 2.24) is 0 Å². The van der Waals surface area contributed by atoms with E-state index in [9.17, 15) is 0 Å². The largest absolute Gasteiger partial charge is 0.143 e. The molecule has 0 heterocycles. The fraction of sp³-hybridized carbons (Fsp3) is 0.273. The Bertz CT molecular complexity index is 888. The van der Waals surface area contributed by atoms with Crippen LogP contribution in [-0.2, 0) is 0 Å². The number of hydrogen-bond acceptors (Lipinski definition) is 0. The molecule has 3 aliphatic rings. The predicted octanol–water partition coefficient (Wildman–Crippen LogP) is 6.71. The van der Waals surface area contributed by atoms with Gasteiger partial charge in [-0.25, -0.2) is 0 Å². The fourth-order valence-corrected chi connectivity index (χ4v) is 5.41. The Morgan fingerprint density at radius 1 is 0.750 bits per heavy atom. The summed E-state index contributed by atoms with van der Waals surface area (Å²) >= 11 is 13.8. The second-order valence-corrected chi connectivity index (χ2v) is 8.62. The molecule has 3 aliphatic carbocycles. The topological polar surface area (TPSA) is 0 Å². The molecule has 0 saturated heterocycles. The average molecular weight is 353 g/mol. The third-order valence-electron chi connectivity index (χ3n) is 5.81. The van der Waals surface area contributed by atoms with Crippen molar-refractivity contribution in [2.45, 2.75) is 35.4 Å². The quantitative estimate of drug-likeness (QED) is 0.462. The van der Waals surface area contributed by atoms with Crippen molar-refractivity contribution >= 4 is 35.4 Å². The number of benzene rings is 2. The van der Waals surface area contributed by atoms with E-state index < -0.39 is 4.33 Å². The average Bonchev–Trinajstić information content (AvgIpc) is 3.10. The Morgan fingerprint density at radius 3 is 2.08 bits per heavy atom. The van der Waals surface area contributed by atoms with E-state index in [0.29, 0.717) is 18.3 Å². The maximum Gasteiger partial charge on any atom is 0.143 e. The molecule has 0 aliphatic heterocycles. The second-order valence-electron chi connectivity index (χ2n) is 7.14. The number of alkyl halides is 2. The van der Waals surface area contributed by atoms with Crippen LogP contribution < -0.4 is 0 Å². The van der Waals surface area contributed by atoms with Crippen LogP contribution in [0.5, 0.6) is 0 Å². The summed E-state index contributed by atoms with van der Waals surface area (Å²) in [5.41, 5.74) is 8.01. The number of allylic oxidation sites excluding steroid dienone is 2. The smallest absolute Gasteiger partial charge is 0.0963 e. The summed E-state index contributed by atoms with van der Waals surface area (Å²) in [4.78, 5) is 0. The highest BCUT2D eigenvalue weighted by molar-refractivity contribution is 6.51. The first-order chi connectivity index (χ1) is 11.6. The van der Waals surface area contributed by atoms with E-state index in [1.165, 1.54) is 33.4 Å². The first-order valence-corrected chi connectivity index (χ1v) is 9.37. The maximum atomic E-state index is 6.91. The molecule has 0 spiro atoms. The van der Waals surface area contributed by atoms with Crippen LogP contribution in [0.15, 0.2) is 59.7 Å². The van der Waals surface area contributed by atoms with Crippen LogP contribution in [0.1, 0.15) is 53.4 Å². The van der Waals surface area contributed by atoms with E-state index in [2.05, 4.69) is 60.7 Å². The van der Waals surface area contributed by atoms with Gasteiger partial charge in [-0.05, 0) is 40.7 Å². The molecule has 0 aromatic heterocycles. The summed E-state index contributed by atoms with van der Waals surface area (Å²) in [5, 5.41) is 0. The van der Waals surface area contributed by atoms with Gasteiger partial charge in [0.1, 0.15) is 4.33 Å². The summed E-state index contributed by atoms with van der Waals surface area (Å²) in [5.74, 6) is 0.817. The Hall–Kier alpha value is -1.50. The van der Waals surface area contributed by atoms with Crippen LogP contribution in [0.3, 0.4) is 0 Å². The molecular weight excluding hydrogens is 335 g/mol. The zero-order valence-electron chi connectivity index (χ0n) is 13.3. The summed E-state index contributed by atoms with van der Waals surface area (Å²) in [6, 6.07) is 17.3. The third kappa shape index (κ3) is 2.13. The predicted molar refractivity (Wildman–Crippen MR) is 103 cm³/mol. The molecule has 2 aromatic carbocycles. The van der Waals surface area contributed by atoms with Gasteiger partial charge in [0, 0.05) is 18.3 Å². The van der Waals surface area contributed by atoms with Crippen molar-refractivity contribution in [3.8, 4) is 0 Å². The number of fused-ring (bicyclic) bond motifs is 6. The van der Waals surface area contributed by atoms with Crippen molar-refractivity contribution in [3.05, 3.63) is 81.9 Å². The van der Waals surface area contributed by atoms with Crippen LogP contribution in [0.2, 0.25) is 0 Å². The molecule has 0 radical (unpaired) electrons. The Labute approximate surface area is 152 Å². The molecule has 2 heteroatoms. The number of hydrogen-bond donors (Lipinski definition) is 0. The lowest BCUT2D eigenvalue weighted by Crippen LogP contribution is -2.24. The standard InChI is InChI=1S/C22H18Cl2/c23-22(24)13-16-11-14-5-1-3-7-17(14)19(16)9-10-20-18-8-4-2-6-15(18)12-21(20)22/h1-8,11-12,19-20H,9-10,13H2. The van der Waals surface area contributed by atoms with Gasteiger partial charge in [0.25, 0.3) is 0 Å². The van der Waals surface area contributed by atoms with Gasteiger partial charge in [0.2, 0.25) is 0 Å². The minimum Gasteiger partial charge on any atom is -0.0963 e. The van der Waals surface area contributed by atoms with Crippen LogP contribution in [-0.4, -0.2) is 4.33 Å². The zero-order valence-corrected chi connectivity index (χ0v) is 14.8. The Kier molecular flexibility index (Phi) is 3.24. The molecule has 1 fully saturated rings. The minimum atomic E-state index is -0.823. The lowest BCUT2D eigenvalue weighted by Gasteiger charge is -2.33. The van der Waals surface area contributed by atoms with E-state index >= 15 is 0 Å². The van der Waals surface area contributed by atoms with Crippen LogP contribution in [0.4, 0.5) is 0 Å². The molecule has 2 unspecified atom stereocenters. The van der Waals surface area contributed by atoms with Gasteiger partial charge in [-0.3, -0.25) is 0 Å². The van der Waals surface area contributed by atoms with Crippen molar-refractivity contribution in [1.29, 1.82) is 0 Å². The fourth-order valence-electron chi connectivity index (χ4n) is 4.73. The van der Waals surface area contributed by atoms with Gasteiger partial charge in [0.05, 0.1) is 0 Å².